The van der Waals surface area contributed by atoms with Gasteiger partial charge in [0.05, 0.1) is 5.71 Å². The fraction of sp³-hybridized carbons (Fsp3) is 0.846. The molecule has 1 fully saturated rings. The molecule has 1 aliphatic carbocycles. The highest BCUT2D eigenvalue weighted by atomic mass is 16.7. The van der Waals surface area contributed by atoms with Gasteiger partial charge in [0.1, 0.15) is 0 Å². The number of carbonyl (C=O) groups excluding carboxylic acids is 1. The van der Waals surface area contributed by atoms with Crippen molar-refractivity contribution in [2.45, 2.75) is 71.1 Å². The van der Waals surface area contributed by atoms with E-state index in [1.54, 1.807) is 0 Å². The first-order valence-corrected chi connectivity index (χ1v) is 6.52. The van der Waals surface area contributed by atoms with Crippen LogP contribution in [0.4, 0.5) is 0 Å². The highest BCUT2D eigenvalue weighted by Crippen LogP contribution is 2.15. The molecular formula is C13H23NO2. The summed E-state index contributed by atoms with van der Waals surface area (Å²) < 4.78 is 0. The van der Waals surface area contributed by atoms with E-state index in [0.717, 1.165) is 18.6 Å². The number of carbonyl (C=O) groups is 1. The van der Waals surface area contributed by atoms with Gasteiger partial charge in [0.2, 0.25) is 0 Å². The average Bonchev–Trinajstić information content (AvgIpc) is 2.31. The summed E-state index contributed by atoms with van der Waals surface area (Å²) >= 11 is 0. The maximum Gasteiger partial charge on any atom is 0.331 e. The molecule has 0 atom stereocenters. The Morgan fingerprint density at radius 1 is 0.938 bits per heavy atom. The molecule has 0 N–H and O–H groups in total. The van der Waals surface area contributed by atoms with Crippen LogP contribution in [0.15, 0.2) is 5.16 Å². The minimum Gasteiger partial charge on any atom is -0.319 e. The van der Waals surface area contributed by atoms with Crippen LogP contribution in [0, 0.1) is 0 Å². The molecule has 1 saturated carbocycles. The first-order valence-electron chi connectivity index (χ1n) is 6.52. The fourth-order valence-corrected chi connectivity index (χ4v) is 2.06. The van der Waals surface area contributed by atoms with Gasteiger partial charge in [0.25, 0.3) is 0 Å². The Kier molecular flexibility index (Phi) is 6.86. The highest BCUT2D eigenvalue weighted by molar-refractivity contribution is 5.84. The van der Waals surface area contributed by atoms with E-state index in [1.165, 1.54) is 58.3 Å². The molecule has 0 heterocycles. The molecule has 0 amide bonds. The zero-order chi connectivity index (χ0) is 11.6. The van der Waals surface area contributed by atoms with Crippen molar-refractivity contribution in [1.82, 2.24) is 0 Å². The topological polar surface area (TPSA) is 38.7 Å². The lowest BCUT2D eigenvalue weighted by Crippen LogP contribution is -2.02. The largest absolute Gasteiger partial charge is 0.331 e. The lowest BCUT2D eigenvalue weighted by atomic mass is 10.1. The SMILES string of the molecule is CC(=O)ON=C1CCCCCCCCCC1. The van der Waals surface area contributed by atoms with Crippen molar-refractivity contribution in [2.75, 3.05) is 0 Å². The number of oxime groups is 1. The van der Waals surface area contributed by atoms with Crippen molar-refractivity contribution in [2.24, 2.45) is 5.16 Å². The van der Waals surface area contributed by atoms with Crippen LogP contribution in [-0.4, -0.2) is 11.7 Å². The van der Waals surface area contributed by atoms with Crippen LogP contribution in [0.1, 0.15) is 71.1 Å². The van der Waals surface area contributed by atoms with Gasteiger partial charge in [-0.1, -0.05) is 43.7 Å². The zero-order valence-corrected chi connectivity index (χ0v) is 10.3. The van der Waals surface area contributed by atoms with Crippen molar-refractivity contribution in [1.29, 1.82) is 0 Å². The number of hydrogen-bond donors (Lipinski definition) is 0. The average molecular weight is 225 g/mol. The molecule has 1 aliphatic rings. The molecule has 3 nitrogen and oxygen atoms in total. The zero-order valence-electron chi connectivity index (χ0n) is 10.3. The third-order valence-electron chi connectivity index (χ3n) is 2.98. The van der Waals surface area contributed by atoms with E-state index >= 15 is 0 Å². The predicted molar refractivity (Wildman–Crippen MR) is 65.4 cm³/mol. The van der Waals surface area contributed by atoms with Gasteiger partial charge in [-0.25, -0.2) is 4.79 Å². The molecule has 0 bridgehead atoms. The quantitative estimate of drug-likeness (QED) is 0.502. The molecule has 0 saturated heterocycles. The molecule has 0 aromatic carbocycles. The van der Waals surface area contributed by atoms with Crippen LogP contribution >= 0.6 is 0 Å². The Bertz CT molecular complexity index is 222. The van der Waals surface area contributed by atoms with Crippen LogP contribution in [0.25, 0.3) is 0 Å². The Morgan fingerprint density at radius 3 is 1.81 bits per heavy atom. The fourth-order valence-electron chi connectivity index (χ4n) is 2.06. The number of nitrogens with zero attached hydrogens (tertiary/aromatic N) is 1. The molecule has 0 aromatic heterocycles. The van der Waals surface area contributed by atoms with Crippen molar-refractivity contribution < 1.29 is 9.63 Å². The highest BCUT2D eigenvalue weighted by Gasteiger charge is 2.04. The first kappa shape index (κ1) is 13.2. The van der Waals surface area contributed by atoms with Crippen molar-refractivity contribution in [3.63, 3.8) is 0 Å². The molecule has 0 unspecified atom stereocenters. The third kappa shape index (κ3) is 6.59. The summed E-state index contributed by atoms with van der Waals surface area (Å²) in [4.78, 5) is 15.4. The van der Waals surface area contributed by atoms with Crippen LogP contribution in [0.3, 0.4) is 0 Å². The second kappa shape index (κ2) is 8.31. The first-order chi connectivity index (χ1) is 7.79. The summed E-state index contributed by atoms with van der Waals surface area (Å²) in [6.07, 6.45) is 12.3. The molecule has 1 rings (SSSR count). The molecular weight excluding hydrogens is 202 g/mol. The molecule has 3 heteroatoms. The number of hydrogen-bond acceptors (Lipinski definition) is 3. The van der Waals surface area contributed by atoms with E-state index < -0.39 is 0 Å². The van der Waals surface area contributed by atoms with Crippen LogP contribution in [-0.2, 0) is 9.63 Å². The molecule has 0 radical (unpaired) electrons. The van der Waals surface area contributed by atoms with E-state index in [-0.39, 0.29) is 5.97 Å². The van der Waals surface area contributed by atoms with Crippen molar-refractivity contribution >= 4 is 11.7 Å². The van der Waals surface area contributed by atoms with Gasteiger partial charge in [-0.3, -0.25) is 0 Å². The van der Waals surface area contributed by atoms with Crippen molar-refractivity contribution in [3.8, 4) is 0 Å². The number of rotatable bonds is 1. The van der Waals surface area contributed by atoms with Crippen LogP contribution in [0.2, 0.25) is 0 Å². The Hall–Kier alpha value is -0.860. The molecule has 92 valence electrons. The smallest absolute Gasteiger partial charge is 0.319 e. The van der Waals surface area contributed by atoms with Crippen LogP contribution < -0.4 is 0 Å². The Labute approximate surface area is 98.2 Å². The van der Waals surface area contributed by atoms with Gasteiger partial charge < -0.3 is 4.84 Å². The van der Waals surface area contributed by atoms with E-state index in [9.17, 15) is 4.79 Å². The molecule has 0 spiro atoms. The van der Waals surface area contributed by atoms with Gasteiger partial charge >= 0.3 is 5.97 Å². The van der Waals surface area contributed by atoms with E-state index in [1.807, 2.05) is 0 Å². The minimum absolute atomic E-state index is 0.318. The van der Waals surface area contributed by atoms with Gasteiger partial charge in [0, 0.05) is 6.92 Å². The summed E-state index contributed by atoms with van der Waals surface area (Å²) in [5.74, 6) is -0.318. The van der Waals surface area contributed by atoms with Crippen LogP contribution in [0.5, 0.6) is 0 Å². The van der Waals surface area contributed by atoms with E-state index in [4.69, 9.17) is 4.84 Å². The summed E-state index contributed by atoms with van der Waals surface area (Å²) in [5, 5.41) is 3.95. The van der Waals surface area contributed by atoms with Gasteiger partial charge in [-0.05, 0) is 25.7 Å². The second-order valence-corrected chi connectivity index (χ2v) is 4.57. The monoisotopic (exact) mass is 225 g/mol. The molecule has 0 aromatic rings. The molecule has 0 aliphatic heterocycles. The predicted octanol–water partition coefficient (Wildman–Crippen LogP) is 3.82. The maximum absolute atomic E-state index is 10.7. The van der Waals surface area contributed by atoms with E-state index in [2.05, 4.69) is 5.16 Å². The van der Waals surface area contributed by atoms with Crippen molar-refractivity contribution in [3.05, 3.63) is 0 Å². The standard InChI is InChI=1S/C13H23NO2/c1-12(15)16-14-13-10-8-6-4-2-3-5-7-9-11-13/h2-11H2,1H3. The van der Waals surface area contributed by atoms with Gasteiger partial charge in [-0.2, -0.15) is 0 Å². The molecule has 16 heavy (non-hydrogen) atoms. The Balaban J connectivity index is 2.38. The maximum atomic E-state index is 10.7. The van der Waals surface area contributed by atoms with Gasteiger partial charge in [0.15, 0.2) is 0 Å². The second-order valence-electron chi connectivity index (χ2n) is 4.57. The summed E-state index contributed by atoms with van der Waals surface area (Å²) in [6.45, 7) is 1.40. The summed E-state index contributed by atoms with van der Waals surface area (Å²) in [5.41, 5.74) is 1.07. The summed E-state index contributed by atoms with van der Waals surface area (Å²) in [7, 11) is 0. The Morgan fingerprint density at radius 2 is 1.38 bits per heavy atom. The minimum atomic E-state index is -0.318. The lowest BCUT2D eigenvalue weighted by Gasteiger charge is -2.04. The van der Waals surface area contributed by atoms with E-state index in [0.29, 0.717) is 0 Å². The lowest BCUT2D eigenvalue weighted by molar-refractivity contribution is -0.140. The normalized spacial score (nSPS) is 19.7. The van der Waals surface area contributed by atoms with Gasteiger partial charge in [-0.15, -0.1) is 0 Å². The third-order valence-corrected chi connectivity index (χ3v) is 2.98. The summed E-state index contributed by atoms with van der Waals surface area (Å²) in [6, 6.07) is 0.